The monoisotopic (exact) mass is 190 g/mol. The predicted molar refractivity (Wildman–Crippen MR) is 57.3 cm³/mol. The van der Waals surface area contributed by atoms with Crippen LogP contribution in [0, 0.1) is 0 Å². The van der Waals surface area contributed by atoms with Gasteiger partial charge in [-0.1, -0.05) is 25.6 Å². The number of hydrogen-bond donors (Lipinski definition) is 0. The summed E-state index contributed by atoms with van der Waals surface area (Å²) < 4.78 is 4.66. The first-order valence-corrected chi connectivity index (χ1v) is 4.56. The van der Waals surface area contributed by atoms with E-state index in [1.807, 2.05) is 19.1 Å². The van der Waals surface area contributed by atoms with Gasteiger partial charge in [-0.2, -0.15) is 0 Å². The minimum atomic E-state index is -0.302. The van der Waals surface area contributed by atoms with Crippen LogP contribution in [0.5, 0.6) is 0 Å². The van der Waals surface area contributed by atoms with Gasteiger partial charge >= 0.3 is 5.97 Å². The summed E-state index contributed by atoms with van der Waals surface area (Å²) in [5, 5.41) is 0. The minimum Gasteiger partial charge on any atom is -0.465 e. The van der Waals surface area contributed by atoms with Crippen LogP contribution in [0.15, 0.2) is 24.8 Å². The van der Waals surface area contributed by atoms with Gasteiger partial charge in [-0.3, -0.25) is 0 Å². The summed E-state index contributed by atoms with van der Waals surface area (Å²) >= 11 is 0. The predicted octanol–water partition coefficient (Wildman–Crippen LogP) is 2.68. The van der Waals surface area contributed by atoms with E-state index in [4.69, 9.17) is 0 Å². The van der Waals surface area contributed by atoms with E-state index in [1.165, 1.54) is 7.11 Å². The van der Waals surface area contributed by atoms with E-state index >= 15 is 0 Å². The molecule has 74 valence electrons. The van der Waals surface area contributed by atoms with Crippen LogP contribution in [-0.4, -0.2) is 13.1 Å². The highest BCUT2D eigenvalue weighted by Gasteiger charge is 2.06. The van der Waals surface area contributed by atoms with Gasteiger partial charge in [0.15, 0.2) is 0 Å². The van der Waals surface area contributed by atoms with Crippen LogP contribution < -0.4 is 0 Å². The highest BCUT2D eigenvalue weighted by atomic mass is 16.5. The van der Waals surface area contributed by atoms with Crippen molar-refractivity contribution in [2.75, 3.05) is 7.11 Å². The lowest BCUT2D eigenvalue weighted by atomic mass is 10.0. The van der Waals surface area contributed by atoms with E-state index in [1.54, 1.807) is 12.1 Å². The molecule has 0 unspecified atom stereocenters. The molecule has 0 atom stereocenters. The van der Waals surface area contributed by atoms with Crippen LogP contribution >= 0.6 is 0 Å². The summed E-state index contributed by atoms with van der Waals surface area (Å²) in [6.07, 6.45) is 2.62. The Hall–Kier alpha value is -1.57. The van der Waals surface area contributed by atoms with Crippen molar-refractivity contribution >= 4 is 12.0 Å². The molecule has 0 heterocycles. The van der Waals surface area contributed by atoms with Gasteiger partial charge in [0.2, 0.25) is 0 Å². The molecule has 14 heavy (non-hydrogen) atoms. The Bertz CT molecular complexity index is 353. The van der Waals surface area contributed by atoms with Crippen molar-refractivity contribution in [2.24, 2.45) is 0 Å². The number of hydrogen-bond acceptors (Lipinski definition) is 2. The molecule has 0 fully saturated rings. The number of benzene rings is 1. The zero-order chi connectivity index (χ0) is 10.6. The molecule has 0 aliphatic carbocycles. The van der Waals surface area contributed by atoms with Gasteiger partial charge in [0.05, 0.1) is 12.7 Å². The second-order valence-electron chi connectivity index (χ2n) is 3.01. The fourth-order valence-electron chi connectivity index (χ4n) is 1.28. The Labute approximate surface area is 84.2 Å². The van der Waals surface area contributed by atoms with Crippen LogP contribution in [0.4, 0.5) is 0 Å². The molecule has 1 rings (SSSR count). The van der Waals surface area contributed by atoms with Crippen molar-refractivity contribution in [1.29, 1.82) is 0 Å². The van der Waals surface area contributed by atoms with Crippen LogP contribution in [-0.2, 0) is 11.2 Å². The second kappa shape index (κ2) is 4.61. The first kappa shape index (κ1) is 10.5. The topological polar surface area (TPSA) is 26.3 Å². The highest BCUT2D eigenvalue weighted by Crippen LogP contribution is 2.13. The SMILES string of the molecule is C=Cc1cc(CC)cc(C(=O)OC)c1. The third kappa shape index (κ3) is 2.22. The van der Waals surface area contributed by atoms with Crippen LogP contribution in [0.25, 0.3) is 6.08 Å². The summed E-state index contributed by atoms with van der Waals surface area (Å²) in [6.45, 7) is 5.73. The smallest absolute Gasteiger partial charge is 0.337 e. The largest absolute Gasteiger partial charge is 0.465 e. The van der Waals surface area contributed by atoms with E-state index in [9.17, 15) is 4.79 Å². The Balaban J connectivity index is 3.16. The lowest BCUT2D eigenvalue weighted by molar-refractivity contribution is 0.0600. The maximum atomic E-state index is 11.3. The Morgan fingerprint density at radius 1 is 1.50 bits per heavy atom. The summed E-state index contributed by atoms with van der Waals surface area (Å²) in [4.78, 5) is 11.3. The van der Waals surface area contributed by atoms with Crippen LogP contribution in [0.3, 0.4) is 0 Å². The second-order valence-corrected chi connectivity index (χ2v) is 3.01. The first-order chi connectivity index (χ1) is 6.71. The van der Waals surface area contributed by atoms with E-state index in [0.717, 1.165) is 17.5 Å². The highest BCUT2D eigenvalue weighted by molar-refractivity contribution is 5.90. The van der Waals surface area contributed by atoms with Gasteiger partial charge in [0.25, 0.3) is 0 Å². The van der Waals surface area contributed by atoms with Gasteiger partial charge in [-0.05, 0) is 29.7 Å². The molecule has 0 saturated carbocycles. The molecule has 1 aromatic rings. The van der Waals surface area contributed by atoms with Gasteiger partial charge in [-0.25, -0.2) is 4.79 Å². The lowest BCUT2D eigenvalue weighted by Gasteiger charge is -2.04. The molecule has 0 radical (unpaired) electrons. The molecule has 0 aliphatic rings. The molecule has 0 spiro atoms. The summed E-state index contributed by atoms with van der Waals surface area (Å²) in [6, 6.07) is 5.64. The number of esters is 1. The van der Waals surface area contributed by atoms with Gasteiger partial charge in [-0.15, -0.1) is 0 Å². The van der Waals surface area contributed by atoms with Crippen molar-refractivity contribution in [3.8, 4) is 0 Å². The van der Waals surface area contributed by atoms with E-state index in [-0.39, 0.29) is 5.97 Å². The van der Waals surface area contributed by atoms with Crippen molar-refractivity contribution in [3.05, 3.63) is 41.5 Å². The van der Waals surface area contributed by atoms with Gasteiger partial charge in [0, 0.05) is 0 Å². The molecule has 2 nitrogen and oxygen atoms in total. The number of carbonyl (C=O) groups excluding carboxylic acids is 1. The molecular formula is C12H14O2. The molecule has 0 bridgehead atoms. The lowest BCUT2D eigenvalue weighted by Crippen LogP contribution is -2.02. The van der Waals surface area contributed by atoms with Crippen molar-refractivity contribution in [2.45, 2.75) is 13.3 Å². The van der Waals surface area contributed by atoms with Crippen LogP contribution in [0.2, 0.25) is 0 Å². The quantitative estimate of drug-likeness (QED) is 0.685. The van der Waals surface area contributed by atoms with E-state index < -0.39 is 0 Å². The van der Waals surface area contributed by atoms with Crippen LogP contribution in [0.1, 0.15) is 28.4 Å². The maximum Gasteiger partial charge on any atom is 0.337 e. The molecule has 0 N–H and O–H groups in total. The third-order valence-electron chi connectivity index (χ3n) is 2.08. The Kier molecular flexibility index (Phi) is 3.46. The summed E-state index contributed by atoms with van der Waals surface area (Å²) in [5.41, 5.74) is 2.65. The Morgan fingerprint density at radius 3 is 2.71 bits per heavy atom. The van der Waals surface area contributed by atoms with E-state index in [0.29, 0.717) is 5.56 Å². The molecule has 0 aliphatic heterocycles. The molecule has 1 aromatic carbocycles. The number of methoxy groups -OCH3 is 1. The van der Waals surface area contributed by atoms with Gasteiger partial charge in [0.1, 0.15) is 0 Å². The van der Waals surface area contributed by atoms with Crippen molar-refractivity contribution in [3.63, 3.8) is 0 Å². The minimum absolute atomic E-state index is 0.302. The molecular weight excluding hydrogens is 176 g/mol. The number of aryl methyl sites for hydroxylation is 1. The fourth-order valence-corrected chi connectivity index (χ4v) is 1.28. The molecule has 0 aromatic heterocycles. The molecule has 0 amide bonds. The number of rotatable bonds is 3. The zero-order valence-corrected chi connectivity index (χ0v) is 8.54. The van der Waals surface area contributed by atoms with Gasteiger partial charge < -0.3 is 4.74 Å². The zero-order valence-electron chi connectivity index (χ0n) is 8.54. The fraction of sp³-hybridized carbons (Fsp3) is 0.250. The molecule has 2 heteroatoms. The summed E-state index contributed by atoms with van der Waals surface area (Å²) in [7, 11) is 1.38. The number of ether oxygens (including phenoxy) is 1. The number of carbonyl (C=O) groups is 1. The standard InChI is InChI=1S/C12H14O2/c1-4-9-6-10(5-2)8-11(7-9)12(13)14-3/h4,6-8H,1,5H2,2-3H3. The maximum absolute atomic E-state index is 11.3. The first-order valence-electron chi connectivity index (χ1n) is 4.56. The molecule has 0 saturated heterocycles. The van der Waals surface area contributed by atoms with Crippen molar-refractivity contribution < 1.29 is 9.53 Å². The van der Waals surface area contributed by atoms with Crippen molar-refractivity contribution in [1.82, 2.24) is 0 Å². The normalized spacial score (nSPS) is 9.57. The third-order valence-corrected chi connectivity index (χ3v) is 2.08. The van der Waals surface area contributed by atoms with E-state index in [2.05, 4.69) is 11.3 Å². The summed E-state index contributed by atoms with van der Waals surface area (Å²) in [5.74, 6) is -0.302. The average Bonchev–Trinajstić information content (AvgIpc) is 2.27. The Morgan fingerprint density at radius 2 is 2.21 bits per heavy atom. The average molecular weight is 190 g/mol.